The number of carbonyl (C=O) groups excluding carboxylic acids is 3. The van der Waals surface area contributed by atoms with Crippen LogP contribution < -0.4 is 28.9 Å². The van der Waals surface area contributed by atoms with Gasteiger partial charge in [-0.25, -0.2) is 0 Å². The summed E-state index contributed by atoms with van der Waals surface area (Å²) in [6.07, 6.45) is -0.212. The molecule has 11 rings (SSSR count). The van der Waals surface area contributed by atoms with E-state index < -0.39 is 23.0 Å². The largest absolute Gasteiger partial charge is 0.497 e. The monoisotopic (exact) mass is 903 g/mol. The second kappa shape index (κ2) is 16.6. The predicted octanol–water partition coefficient (Wildman–Crippen LogP) is 11.6. The number of para-hydroxylation sites is 6. The lowest BCUT2D eigenvalue weighted by molar-refractivity contribution is -0.146. The summed E-state index contributed by atoms with van der Waals surface area (Å²) in [4.78, 5) is 49.9. The van der Waals surface area contributed by atoms with E-state index in [0.717, 1.165) is 16.9 Å². The summed E-state index contributed by atoms with van der Waals surface area (Å²) in [5.74, 6) is 1.33. The van der Waals surface area contributed by atoms with Gasteiger partial charge in [0.25, 0.3) is 17.7 Å². The van der Waals surface area contributed by atoms with E-state index in [1.54, 1.807) is 46.1 Å². The van der Waals surface area contributed by atoms with Crippen LogP contribution in [0, 0.1) is 11.8 Å². The molecule has 1 spiro atoms. The number of amides is 3. The van der Waals surface area contributed by atoms with Crippen molar-refractivity contribution < 1.29 is 38.4 Å². The van der Waals surface area contributed by atoms with E-state index in [0.29, 0.717) is 74.5 Å². The highest BCUT2D eigenvalue weighted by Crippen LogP contribution is 2.61. The highest BCUT2D eigenvalue weighted by atomic mass is 16.5. The van der Waals surface area contributed by atoms with Crippen molar-refractivity contribution in [1.82, 2.24) is 0 Å². The Bertz CT molecular complexity index is 3130. The number of hydrogen-bond acceptors (Lipinski definition) is 8. The van der Waals surface area contributed by atoms with Crippen LogP contribution in [0.3, 0.4) is 0 Å². The van der Waals surface area contributed by atoms with Crippen LogP contribution in [0.25, 0.3) is 0 Å². The Morgan fingerprint density at radius 3 is 1.74 bits per heavy atom. The fourth-order valence-corrected chi connectivity index (χ4v) is 11.1. The summed E-state index contributed by atoms with van der Waals surface area (Å²) >= 11 is 0. The molecule has 3 amide bonds. The molecule has 1 N–H and O–H groups in total. The van der Waals surface area contributed by atoms with E-state index in [9.17, 15) is 14.7 Å². The second-order valence-electron chi connectivity index (χ2n) is 18.3. The summed E-state index contributed by atoms with van der Waals surface area (Å²) < 4.78 is 25.4. The summed E-state index contributed by atoms with van der Waals surface area (Å²) in [6, 6.07) is 50.6. The molecule has 4 atom stereocenters. The first-order valence-electron chi connectivity index (χ1n) is 22.9. The zero-order chi connectivity index (χ0) is 46.9. The van der Waals surface area contributed by atoms with Crippen molar-refractivity contribution in [1.29, 1.82) is 0 Å². The van der Waals surface area contributed by atoms with E-state index in [1.165, 1.54) is 0 Å². The molecule has 11 heteroatoms. The second-order valence-corrected chi connectivity index (χ2v) is 18.3. The minimum absolute atomic E-state index is 0.139. The number of fused-ring (bicyclic) bond motifs is 6. The van der Waals surface area contributed by atoms with Crippen LogP contribution in [-0.2, 0) is 27.1 Å². The van der Waals surface area contributed by atoms with Crippen molar-refractivity contribution in [3.8, 4) is 28.7 Å². The molecule has 68 heavy (non-hydrogen) atoms. The lowest BCUT2D eigenvalue weighted by Gasteiger charge is -2.38. The maximum atomic E-state index is 15.8. The Labute approximate surface area is 394 Å². The molecule has 7 aromatic carbocycles. The molecule has 11 nitrogen and oxygen atoms in total. The maximum Gasteiger partial charge on any atom is 0.266 e. The highest BCUT2D eigenvalue weighted by Gasteiger charge is 2.66. The smallest absolute Gasteiger partial charge is 0.266 e. The van der Waals surface area contributed by atoms with E-state index in [2.05, 4.69) is 32.9 Å². The molecule has 0 radical (unpaired) electrons. The van der Waals surface area contributed by atoms with Crippen LogP contribution in [-0.4, -0.2) is 42.6 Å². The van der Waals surface area contributed by atoms with Gasteiger partial charge in [0.05, 0.1) is 47.9 Å². The summed E-state index contributed by atoms with van der Waals surface area (Å²) in [7, 11) is 1.64. The fourth-order valence-electron chi connectivity index (χ4n) is 11.1. The number of nitrogens with zero attached hydrogens (tertiary/aromatic N) is 3. The SMILES string of the molecule is COc1ccc(C(C)(C)[C@H]2[C@H](CCO)O[C@@]3(C(=O)N(Cc4ccc(N5C(=O)c6ccccc6Oc6ccccc65)cc4)c4ccc(N5C(=O)c6ccccc6Oc6ccccc65)cc43)[C@@H]2C)cc1. The van der Waals surface area contributed by atoms with E-state index in [-0.39, 0.29) is 36.8 Å². The van der Waals surface area contributed by atoms with E-state index in [4.69, 9.17) is 18.9 Å². The molecule has 0 bridgehead atoms. The average molecular weight is 904 g/mol. The maximum absolute atomic E-state index is 15.8. The van der Waals surface area contributed by atoms with Gasteiger partial charge in [0, 0.05) is 35.4 Å². The Balaban J connectivity index is 1.02. The molecule has 7 aromatic rings. The minimum Gasteiger partial charge on any atom is -0.497 e. The molecule has 340 valence electrons. The van der Waals surface area contributed by atoms with Crippen molar-refractivity contribution in [2.24, 2.45) is 11.8 Å². The van der Waals surface area contributed by atoms with Gasteiger partial charge in [-0.15, -0.1) is 0 Å². The zero-order valence-electron chi connectivity index (χ0n) is 38.1. The van der Waals surface area contributed by atoms with Gasteiger partial charge in [0.2, 0.25) is 0 Å². The first-order chi connectivity index (χ1) is 33.0. The summed E-state index contributed by atoms with van der Waals surface area (Å²) in [6.45, 7) is 6.46. The number of carbonyl (C=O) groups is 3. The normalized spacial score (nSPS) is 20.4. The summed E-state index contributed by atoms with van der Waals surface area (Å²) in [5.41, 5.74) is 4.30. The number of rotatable bonds is 9. The molecule has 0 unspecified atom stereocenters. The number of ether oxygens (including phenoxy) is 4. The Hall–Kier alpha value is -7.73. The van der Waals surface area contributed by atoms with Crippen LogP contribution in [0.5, 0.6) is 28.7 Å². The third-order valence-corrected chi connectivity index (χ3v) is 14.3. The predicted molar refractivity (Wildman–Crippen MR) is 260 cm³/mol. The van der Waals surface area contributed by atoms with Crippen LogP contribution in [0.15, 0.2) is 164 Å². The average Bonchev–Trinajstić information content (AvgIpc) is 3.67. The van der Waals surface area contributed by atoms with Gasteiger partial charge in [-0.3, -0.25) is 24.2 Å². The molecular weight excluding hydrogens is 855 g/mol. The molecule has 4 aliphatic heterocycles. The topological polar surface area (TPSA) is 118 Å². The first kappa shape index (κ1) is 42.9. The standard InChI is InChI=1S/C57H49N3O8/c1-35-52(56(2,3)37-23-28-40(65-4)29-24-37)51(31-32-61)68-57(35)43-33-39(60-46-16-8-12-20-50(46)67-48-18-10-6-14-42(48)54(60)63)27-30-44(43)58(55(57)64)34-36-21-25-38(26-22-36)59-45-15-7-11-19-49(45)66-47-17-9-5-13-41(47)53(59)62/h5-30,33,35,51-52,61H,31-32,34H2,1-4H3/t35-,51+,52-,57+/m1/s1. The van der Waals surface area contributed by atoms with Crippen LogP contribution in [0.2, 0.25) is 0 Å². The molecular formula is C57H49N3O8. The van der Waals surface area contributed by atoms with Gasteiger partial charge in [-0.2, -0.15) is 0 Å². The van der Waals surface area contributed by atoms with Gasteiger partial charge in [0.15, 0.2) is 17.1 Å². The third kappa shape index (κ3) is 6.67. The van der Waals surface area contributed by atoms with E-state index in [1.807, 2.05) is 127 Å². The molecule has 0 saturated carbocycles. The lowest BCUT2D eigenvalue weighted by Crippen LogP contribution is -2.45. The fraction of sp³-hybridized carbons (Fsp3) is 0.211. The highest BCUT2D eigenvalue weighted by molar-refractivity contribution is 6.16. The Morgan fingerprint density at radius 1 is 0.632 bits per heavy atom. The van der Waals surface area contributed by atoms with Crippen LogP contribution in [0.1, 0.15) is 64.6 Å². The number of anilines is 5. The first-order valence-corrected chi connectivity index (χ1v) is 22.9. The molecule has 0 aromatic heterocycles. The van der Waals surface area contributed by atoms with Crippen LogP contribution >= 0.6 is 0 Å². The number of benzene rings is 7. The molecule has 4 heterocycles. The Morgan fingerprint density at radius 2 is 1.16 bits per heavy atom. The van der Waals surface area contributed by atoms with Crippen molar-refractivity contribution in [2.75, 3.05) is 28.4 Å². The van der Waals surface area contributed by atoms with Gasteiger partial charge in [0.1, 0.15) is 17.2 Å². The Kier molecular flexibility index (Phi) is 10.4. The van der Waals surface area contributed by atoms with Crippen molar-refractivity contribution >= 4 is 46.2 Å². The number of aliphatic hydroxyl groups excluding tert-OH is 1. The van der Waals surface area contributed by atoms with Gasteiger partial charge in [-0.1, -0.05) is 93.6 Å². The van der Waals surface area contributed by atoms with Crippen molar-refractivity contribution in [2.45, 2.75) is 50.9 Å². The minimum atomic E-state index is -1.50. The number of methoxy groups -OCH3 is 1. The quantitative estimate of drug-likeness (QED) is 0.152. The lowest BCUT2D eigenvalue weighted by atomic mass is 9.63. The molecule has 0 aliphatic carbocycles. The van der Waals surface area contributed by atoms with Gasteiger partial charge in [-0.05, 0) is 114 Å². The van der Waals surface area contributed by atoms with Gasteiger partial charge >= 0.3 is 0 Å². The number of hydrogen-bond donors (Lipinski definition) is 1. The number of aliphatic hydroxyl groups is 1. The van der Waals surface area contributed by atoms with Crippen molar-refractivity contribution in [3.63, 3.8) is 0 Å². The third-order valence-electron chi connectivity index (χ3n) is 14.3. The van der Waals surface area contributed by atoms with Crippen LogP contribution in [0.4, 0.5) is 28.4 Å². The molecule has 1 fully saturated rings. The van der Waals surface area contributed by atoms with E-state index >= 15 is 4.79 Å². The summed E-state index contributed by atoms with van der Waals surface area (Å²) in [5, 5.41) is 10.6. The molecule has 1 saturated heterocycles. The van der Waals surface area contributed by atoms with Crippen molar-refractivity contribution in [3.05, 3.63) is 192 Å². The molecule has 4 aliphatic rings. The van der Waals surface area contributed by atoms with Gasteiger partial charge < -0.3 is 29.0 Å². The zero-order valence-corrected chi connectivity index (χ0v) is 38.1.